The van der Waals surface area contributed by atoms with Crippen LogP contribution in [0.5, 0.6) is 0 Å². The number of benzene rings is 1. The minimum absolute atomic E-state index is 0.249. The molecule has 0 bridgehead atoms. The van der Waals surface area contributed by atoms with Crippen LogP contribution in [0.3, 0.4) is 0 Å². The Hall–Kier alpha value is -1.16. The third kappa shape index (κ3) is 4.16. The molecule has 0 unspecified atom stereocenters. The molecule has 0 aromatic heterocycles. The fraction of sp³-hybridized carbons (Fsp3) is 0.556. The largest absolute Gasteiger partial charge is 0.376 e. The SMILES string of the molecule is C(CCOCc1ccccc1)=C1CCC2(CC1)OCCO2. The minimum Gasteiger partial charge on any atom is -0.376 e. The van der Waals surface area contributed by atoms with Crippen molar-refractivity contribution in [2.24, 2.45) is 0 Å². The zero-order valence-electron chi connectivity index (χ0n) is 12.6. The van der Waals surface area contributed by atoms with Crippen molar-refractivity contribution in [3.8, 4) is 0 Å². The lowest BCUT2D eigenvalue weighted by Crippen LogP contribution is -2.33. The summed E-state index contributed by atoms with van der Waals surface area (Å²) in [5.41, 5.74) is 2.77. The van der Waals surface area contributed by atoms with Gasteiger partial charge in [-0.1, -0.05) is 42.0 Å². The highest BCUT2D eigenvalue weighted by Crippen LogP contribution is 2.37. The molecule has 3 heteroatoms. The van der Waals surface area contributed by atoms with Gasteiger partial charge in [-0.25, -0.2) is 0 Å². The molecule has 2 aliphatic rings. The molecule has 1 aromatic carbocycles. The first-order chi connectivity index (χ1) is 10.4. The Balaban J connectivity index is 1.34. The molecule has 3 rings (SSSR count). The van der Waals surface area contributed by atoms with E-state index in [9.17, 15) is 0 Å². The fourth-order valence-corrected chi connectivity index (χ4v) is 3.05. The van der Waals surface area contributed by atoms with Gasteiger partial charge in [-0.2, -0.15) is 0 Å². The summed E-state index contributed by atoms with van der Waals surface area (Å²) >= 11 is 0. The molecule has 1 aliphatic heterocycles. The quantitative estimate of drug-likeness (QED) is 0.608. The zero-order valence-corrected chi connectivity index (χ0v) is 12.6. The summed E-state index contributed by atoms with van der Waals surface area (Å²) in [7, 11) is 0. The highest BCUT2D eigenvalue weighted by molar-refractivity contribution is 5.13. The van der Waals surface area contributed by atoms with Crippen LogP contribution in [0.2, 0.25) is 0 Å². The number of rotatable bonds is 5. The first-order valence-corrected chi connectivity index (χ1v) is 7.94. The molecule has 114 valence electrons. The lowest BCUT2D eigenvalue weighted by molar-refractivity contribution is -0.171. The van der Waals surface area contributed by atoms with Gasteiger partial charge in [0.25, 0.3) is 0 Å². The van der Waals surface area contributed by atoms with Crippen molar-refractivity contribution in [2.45, 2.75) is 44.5 Å². The lowest BCUT2D eigenvalue weighted by Gasteiger charge is -2.32. The molecule has 1 saturated heterocycles. The zero-order chi connectivity index (χ0) is 14.4. The molecule has 0 amide bonds. The second-order valence-electron chi connectivity index (χ2n) is 5.80. The molecule has 1 saturated carbocycles. The Morgan fingerprint density at radius 2 is 1.76 bits per heavy atom. The Morgan fingerprint density at radius 3 is 2.48 bits per heavy atom. The maximum atomic E-state index is 5.75. The van der Waals surface area contributed by atoms with E-state index >= 15 is 0 Å². The van der Waals surface area contributed by atoms with Crippen LogP contribution in [-0.2, 0) is 20.8 Å². The summed E-state index contributed by atoms with van der Waals surface area (Å²) in [6.45, 7) is 3.00. The van der Waals surface area contributed by atoms with E-state index in [0.29, 0.717) is 6.61 Å². The van der Waals surface area contributed by atoms with Crippen molar-refractivity contribution in [3.05, 3.63) is 47.5 Å². The van der Waals surface area contributed by atoms with Gasteiger partial charge >= 0.3 is 0 Å². The monoisotopic (exact) mass is 288 g/mol. The first kappa shape index (κ1) is 14.8. The van der Waals surface area contributed by atoms with Crippen LogP contribution in [0.4, 0.5) is 0 Å². The highest BCUT2D eigenvalue weighted by atomic mass is 16.7. The van der Waals surface area contributed by atoms with Crippen LogP contribution in [0.25, 0.3) is 0 Å². The number of hydrogen-bond acceptors (Lipinski definition) is 3. The lowest BCUT2D eigenvalue weighted by atomic mass is 9.89. The molecule has 1 spiro atoms. The molecule has 3 nitrogen and oxygen atoms in total. The Labute approximate surface area is 126 Å². The molecular formula is C18H24O3. The summed E-state index contributed by atoms with van der Waals surface area (Å²) in [4.78, 5) is 0. The Bertz CT molecular complexity index is 449. The van der Waals surface area contributed by atoms with Gasteiger partial charge in [-0.05, 0) is 24.8 Å². The predicted molar refractivity (Wildman–Crippen MR) is 81.9 cm³/mol. The van der Waals surface area contributed by atoms with Crippen molar-refractivity contribution in [3.63, 3.8) is 0 Å². The maximum Gasteiger partial charge on any atom is 0.169 e. The van der Waals surface area contributed by atoms with Crippen LogP contribution in [0.1, 0.15) is 37.7 Å². The van der Waals surface area contributed by atoms with Crippen molar-refractivity contribution < 1.29 is 14.2 Å². The van der Waals surface area contributed by atoms with Crippen molar-refractivity contribution in [1.82, 2.24) is 0 Å². The molecule has 2 fully saturated rings. The van der Waals surface area contributed by atoms with Crippen LogP contribution < -0.4 is 0 Å². The van der Waals surface area contributed by atoms with Crippen LogP contribution in [-0.4, -0.2) is 25.6 Å². The van der Waals surface area contributed by atoms with Gasteiger partial charge in [0.1, 0.15) is 0 Å². The smallest absolute Gasteiger partial charge is 0.169 e. The highest BCUT2D eigenvalue weighted by Gasteiger charge is 2.38. The molecule has 0 N–H and O–H groups in total. The first-order valence-electron chi connectivity index (χ1n) is 7.94. The van der Waals surface area contributed by atoms with Crippen molar-refractivity contribution in [2.75, 3.05) is 19.8 Å². The van der Waals surface area contributed by atoms with E-state index in [1.54, 1.807) is 0 Å². The molecule has 0 atom stereocenters. The van der Waals surface area contributed by atoms with Gasteiger partial charge in [-0.15, -0.1) is 0 Å². The van der Waals surface area contributed by atoms with E-state index in [1.807, 2.05) is 18.2 Å². The van der Waals surface area contributed by atoms with Crippen molar-refractivity contribution in [1.29, 1.82) is 0 Å². The average molecular weight is 288 g/mol. The van der Waals surface area contributed by atoms with Gasteiger partial charge in [0.15, 0.2) is 5.79 Å². The third-order valence-corrected chi connectivity index (χ3v) is 4.27. The average Bonchev–Trinajstić information content (AvgIpc) is 2.98. The van der Waals surface area contributed by atoms with E-state index in [2.05, 4.69) is 18.2 Å². The standard InChI is InChI=1S/C18H24O3/c1-2-5-17(6-3-1)15-19-12-4-7-16-8-10-18(11-9-16)20-13-14-21-18/h1-3,5-7H,4,8-15H2. The Kier molecular flexibility index (Phi) is 5.07. The van der Waals surface area contributed by atoms with Crippen LogP contribution in [0.15, 0.2) is 42.0 Å². The van der Waals surface area contributed by atoms with E-state index in [1.165, 1.54) is 11.1 Å². The van der Waals surface area contributed by atoms with Crippen molar-refractivity contribution >= 4 is 0 Å². The minimum atomic E-state index is -0.249. The normalized spacial score (nSPS) is 20.9. The summed E-state index contributed by atoms with van der Waals surface area (Å²) in [6, 6.07) is 10.3. The number of hydrogen-bond donors (Lipinski definition) is 0. The van der Waals surface area contributed by atoms with E-state index in [4.69, 9.17) is 14.2 Å². The van der Waals surface area contributed by atoms with Crippen LogP contribution >= 0.6 is 0 Å². The van der Waals surface area contributed by atoms with E-state index in [-0.39, 0.29) is 5.79 Å². The molecule has 0 radical (unpaired) electrons. The molecule has 1 aliphatic carbocycles. The number of ether oxygens (including phenoxy) is 3. The van der Waals surface area contributed by atoms with E-state index < -0.39 is 0 Å². The van der Waals surface area contributed by atoms with E-state index in [0.717, 1.165) is 51.9 Å². The van der Waals surface area contributed by atoms with Gasteiger partial charge in [0.05, 0.1) is 26.4 Å². The summed E-state index contributed by atoms with van der Waals surface area (Å²) < 4.78 is 17.2. The fourth-order valence-electron chi connectivity index (χ4n) is 3.05. The molecular weight excluding hydrogens is 264 g/mol. The maximum absolute atomic E-state index is 5.75. The third-order valence-electron chi connectivity index (χ3n) is 4.27. The summed E-state index contributed by atoms with van der Waals surface area (Å²) in [5.74, 6) is -0.249. The molecule has 21 heavy (non-hydrogen) atoms. The Morgan fingerprint density at radius 1 is 1.05 bits per heavy atom. The summed E-state index contributed by atoms with van der Waals surface area (Å²) in [6.07, 6.45) is 7.54. The second kappa shape index (κ2) is 7.21. The topological polar surface area (TPSA) is 27.7 Å². The molecule has 1 aromatic rings. The van der Waals surface area contributed by atoms with Gasteiger partial charge in [0, 0.05) is 12.8 Å². The number of allylic oxidation sites excluding steroid dienone is 1. The van der Waals surface area contributed by atoms with Gasteiger partial charge in [0.2, 0.25) is 0 Å². The predicted octanol–water partition coefficient (Wildman–Crippen LogP) is 3.84. The van der Waals surface area contributed by atoms with Crippen LogP contribution in [0, 0.1) is 0 Å². The summed E-state index contributed by atoms with van der Waals surface area (Å²) in [5, 5.41) is 0. The van der Waals surface area contributed by atoms with Gasteiger partial charge in [-0.3, -0.25) is 0 Å². The molecule has 1 heterocycles. The second-order valence-corrected chi connectivity index (χ2v) is 5.80. The van der Waals surface area contributed by atoms with Gasteiger partial charge < -0.3 is 14.2 Å².